The van der Waals surface area contributed by atoms with Crippen molar-refractivity contribution in [3.05, 3.63) is 28.0 Å². The molecule has 0 fully saturated rings. The van der Waals surface area contributed by atoms with Crippen LogP contribution in [0.4, 0.5) is 11.6 Å². The molecule has 19 heavy (non-hydrogen) atoms. The normalized spacial score (nSPS) is 10.8. The van der Waals surface area contributed by atoms with E-state index in [1.165, 1.54) is 0 Å². The standard InChI is InChI=1S/C12H18N6S/c1-7(2)10-16-11(8(3)12(17-10)18-13)15-6-9-14-4-5-19-9/h4-5,7H,6,13H2,1-3H3,(H2,15,16,17,18). The van der Waals surface area contributed by atoms with Gasteiger partial charge in [0.05, 0.1) is 6.54 Å². The van der Waals surface area contributed by atoms with E-state index < -0.39 is 0 Å². The number of aromatic nitrogens is 3. The number of thiazole rings is 1. The number of nitrogens with two attached hydrogens (primary N) is 1. The van der Waals surface area contributed by atoms with Crippen molar-refractivity contribution in [2.24, 2.45) is 5.84 Å². The molecule has 0 unspecified atom stereocenters. The summed E-state index contributed by atoms with van der Waals surface area (Å²) in [5, 5.41) is 6.26. The van der Waals surface area contributed by atoms with E-state index in [1.54, 1.807) is 17.5 Å². The van der Waals surface area contributed by atoms with Gasteiger partial charge in [0.2, 0.25) is 0 Å². The zero-order valence-corrected chi connectivity index (χ0v) is 12.1. The Morgan fingerprint density at radius 2 is 2.05 bits per heavy atom. The van der Waals surface area contributed by atoms with Crippen LogP contribution < -0.4 is 16.6 Å². The molecule has 4 N–H and O–H groups in total. The maximum atomic E-state index is 5.50. The third-order valence-electron chi connectivity index (χ3n) is 2.71. The third kappa shape index (κ3) is 3.18. The quantitative estimate of drug-likeness (QED) is 0.574. The Labute approximate surface area is 116 Å². The summed E-state index contributed by atoms with van der Waals surface area (Å²) in [4.78, 5) is 13.2. The molecule has 2 aromatic rings. The molecule has 6 nitrogen and oxygen atoms in total. The molecule has 0 aliphatic rings. The predicted octanol–water partition coefficient (Wildman–Crippen LogP) is 2.26. The largest absolute Gasteiger partial charge is 0.363 e. The van der Waals surface area contributed by atoms with Gasteiger partial charge in [-0.1, -0.05) is 13.8 Å². The Morgan fingerprint density at radius 3 is 2.63 bits per heavy atom. The number of hydrazine groups is 1. The number of nitrogen functional groups attached to an aromatic ring is 1. The van der Waals surface area contributed by atoms with Crippen molar-refractivity contribution in [1.29, 1.82) is 0 Å². The van der Waals surface area contributed by atoms with Gasteiger partial charge in [0.1, 0.15) is 22.5 Å². The van der Waals surface area contributed by atoms with Crippen molar-refractivity contribution < 1.29 is 0 Å². The van der Waals surface area contributed by atoms with Gasteiger partial charge in [-0.15, -0.1) is 11.3 Å². The van der Waals surface area contributed by atoms with Gasteiger partial charge in [-0.3, -0.25) is 0 Å². The van der Waals surface area contributed by atoms with Crippen molar-refractivity contribution in [2.75, 3.05) is 10.7 Å². The van der Waals surface area contributed by atoms with Crippen LogP contribution in [0, 0.1) is 6.92 Å². The minimum absolute atomic E-state index is 0.244. The molecule has 2 rings (SSSR count). The Hall–Kier alpha value is -1.73. The molecule has 7 heteroatoms. The van der Waals surface area contributed by atoms with Gasteiger partial charge in [0.25, 0.3) is 0 Å². The molecule has 2 aromatic heterocycles. The molecular weight excluding hydrogens is 260 g/mol. The molecule has 0 aromatic carbocycles. The van der Waals surface area contributed by atoms with E-state index in [0.29, 0.717) is 12.4 Å². The highest BCUT2D eigenvalue weighted by Gasteiger charge is 2.12. The lowest BCUT2D eigenvalue weighted by Gasteiger charge is -2.14. The first-order chi connectivity index (χ1) is 9.11. The first-order valence-electron chi connectivity index (χ1n) is 6.09. The average molecular weight is 278 g/mol. The fourth-order valence-corrected chi connectivity index (χ4v) is 2.16. The summed E-state index contributed by atoms with van der Waals surface area (Å²) >= 11 is 1.61. The second-order valence-electron chi connectivity index (χ2n) is 4.48. The molecular formula is C12H18N6S. The summed E-state index contributed by atoms with van der Waals surface area (Å²) in [6.45, 7) is 6.69. The van der Waals surface area contributed by atoms with Gasteiger partial charge in [-0.25, -0.2) is 20.8 Å². The monoisotopic (exact) mass is 278 g/mol. The Bertz CT molecular complexity index is 537. The van der Waals surface area contributed by atoms with Crippen LogP contribution in [-0.2, 0) is 6.54 Å². The van der Waals surface area contributed by atoms with E-state index in [4.69, 9.17) is 5.84 Å². The fourth-order valence-electron chi connectivity index (χ4n) is 1.60. The van der Waals surface area contributed by atoms with Gasteiger partial charge in [0.15, 0.2) is 0 Å². The molecule has 0 amide bonds. The van der Waals surface area contributed by atoms with Crippen LogP contribution in [0.5, 0.6) is 0 Å². The van der Waals surface area contributed by atoms with Crippen molar-refractivity contribution in [2.45, 2.75) is 33.2 Å². The van der Waals surface area contributed by atoms with Gasteiger partial charge in [-0.2, -0.15) is 0 Å². The van der Waals surface area contributed by atoms with Crippen molar-refractivity contribution in [3.63, 3.8) is 0 Å². The number of rotatable bonds is 5. The van der Waals surface area contributed by atoms with Crippen LogP contribution in [0.25, 0.3) is 0 Å². The zero-order valence-electron chi connectivity index (χ0n) is 11.3. The van der Waals surface area contributed by atoms with E-state index in [0.717, 1.165) is 22.2 Å². The SMILES string of the molecule is Cc1c(NN)nc(C(C)C)nc1NCc1nccs1. The van der Waals surface area contributed by atoms with Crippen LogP contribution in [0.15, 0.2) is 11.6 Å². The van der Waals surface area contributed by atoms with Crippen LogP contribution >= 0.6 is 11.3 Å². The van der Waals surface area contributed by atoms with E-state index >= 15 is 0 Å². The van der Waals surface area contributed by atoms with Crippen LogP contribution in [0.2, 0.25) is 0 Å². The van der Waals surface area contributed by atoms with Gasteiger partial charge in [-0.05, 0) is 6.92 Å². The Kier molecular flexibility index (Phi) is 4.28. The van der Waals surface area contributed by atoms with E-state index in [-0.39, 0.29) is 5.92 Å². The van der Waals surface area contributed by atoms with Gasteiger partial charge < -0.3 is 10.7 Å². The second kappa shape index (κ2) is 5.94. The number of nitrogens with zero attached hydrogens (tertiary/aromatic N) is 3. The van der Waals surface area contributed by atoms with Crippen molar-refractivity contribution in [3.8, 4) is 0 Å². The molecule has 0 aliphatic heterocycles. The maximum Gasteiger partial charge on any atom is 0.148 e. The minimum atomic E-state index is 0.244. The van der Waals surface area contributed by atoms with Crippen LogP contribution in [0.1, 0.15) is 36.2 Å². The lowest BCUT2D eigenvalue weighted by Crippen LogP contribution is -2.15. The molecule has 0 radical (unpaired) electrons. The number of anilines is 2. The summed E-state index contributed by atoms with van der Waals surface area (Å²) in [6, 6.07) is 0. The summed E-state index contributed by atoms with van der Waals surface area (Å²) in [6.07, 6.45) is 1.79. The average Bonchev–Trinajstić information content (AvgIpc) is 2.90. The minimum Gasteiger partial charge on any atom is -0.363 e. The molecule has 0 saturated carbocycles. The van der Waals surface area contributed by atoms with Crippen molar-refractivity contribution >= 4 is 23.0 Å². The topological polar surface area (TPSA) is 88.8 Å². The first kappa shape index (κ1) is 13.7. The lowest BCUT2D eigenvalue weighted by molar-refractivity contribution is 0.772. The van der Waals surface area contributed by atoms with E-state index in [9.17, 15) is 0 Å². The highest BCUT2D eigenvalue weighted by atomic mass is 32.1. The molecule has 2 heterocycles. The summed E-state index contributed by atoms with van der Waals surface area (Å²) in [5.74, 6) is 7.96. The molecule has 0 bridgehead atoms. The highest BCUT2D eigenvalue weighted by Crippen LogP contribution is 2.23. The Morgan fingerprint density at radius 1 is 1.32 bits per heavy atom. The summed E-state index contributed by atoms with van der Waals surface area (Å²) in [7, 11) is 0. The first-order valence-corrected chi connectivity index (χ1v) is 6.97. The summed E-state index contributed by atoms with van der Waals surface area (Å²) in [5.41, 5.74) is 3.53. The third-order valence-corrected chi connectivity index (χ3v) is 3.49. The summed E-state index contributed by atoms with van der Waals surface area (Å²) < 4.78 is 0. The highest BCUT2D eigenvalue weighted by molar-refractivity contribution is 7.09. The zero-order chi connectivity index (χ0) is 13.8. The molecule has 0 atom stereocenters. The maximum absolute atomic E-state index is 5.50. The second-order valence-corrected chi connectivity index (χ2v) is 5.46. The van der Waals surface area contributed by atoms with E-state index in [1.807, 2.05) is 12.3 Å². The predicted molar refractivity (Wildman–Crippen MR) is 78.1 cm³/mol. The lowest BCUT2D eigenvalue weighted by atomic mass is 10.2. The van der Waals surface area contributed by atoms with Crippen LogP contribution in [-0.4, -0.2) is 15.0 Å². The van der Waals surface area contributed by atoms with Crippen LogP contribution in [0.3, 0.4) is 0 Å². The fraction of sp³-hybridized carbons (Fsp3) is 0.417. The van der Waals surface area contributed by atoms with Crippen molar-refractivity contribution in [1.82, 2.24) is 15.0 Å². The smallest absolute Gasteiger partial charge is 0.148 e. The molecule has 0 spiro atoms. The Balaban J connectivity index is 2.24. The number of nitrogens with one attached hydrogen (secondary N) is 2. The van der Waals surface area contributed by atoms with E-state index in [2.05, 4.69) is 39.5 Å². The molecule has 0 saturated heterocycles. The number of hydrogen-bond donors (Lipinski definition) is 3. The molecule has 0 aliphatic carbocycles. The number of hydrogen-bond acceptors (Lipinski definition) is 7. The molecule has 102 valence electrons. The van der Waals surface area contributed by atoms with Gasteiger partial charge in [0, 0.05) is 23.1 Å². The van der Waals surface area contributed by atoms with Gasteiger partial charge >= 0.3 is 0 Å².